The summed E-state index contributed by atoms with van der Waals surface area (Å²) in [4.78, 5) is 31.2. The fourth-order valence-corrected chi connectivity index (χ4v) is 4.38. The number of aromatic amines is 1. The summed E-state index contributed by atoms with van der Waals surface area (Å²) in [6.07, 6.45) is 0.674. The van der Waals surface area contributed by atoms with Gasteiger partial charge in [0.1, 0.15) is 5.75 Å². The standard InChI is InChI=1S/C25H28N2O5/c1-14(2)25(29)27-9-8-15-11-21(31-4)22(32-5)13-18(15)23(27)19-10-16-6-7-17(30-3)12-20(16)26-24(19)28/h6-7,10-14,23H,8-9H2,1-5H3,(H,26,28)/t23-/m1/s1. The molecular weight excluding hydrogens is 408 g/mol. The Morgan fingerprint density at radius 1 is 1.00 bits per heavy atom. The van der Waals surface area contributed by atoms with Crippen LogP contribution in [-0.4, -0.2) is 43.7 Å². The highest BCUT2D eigenvalue weighted by Gasteiger charge is 2.35. The van der Waals surface area contributed by atoms with Crippen LogP contribution in [0, 0.1) is 5.92 Å². The maximum Gasteiger partial charge on any atom is 0.254 e. The molecule has 1 aromatic heterocycles. The zero-order valence-corrected chi connectivity index (χ0v) is 19.0. The molecule has 0 radical (unpaired) electrons. The van der Waals surface area contributed by atoms with Crippen molar-refractivity contribution >= 4 is 16.8 Å². The number of hydrogen-bond acceptors (Lipinski definition) is 5. The molecule has 1 aliphatic heterocycles. The number of ether oxygens (including phenoxy) is 3. The number of pyridine rings is 1. The molecule has 0 saturated carbocycles. The van der Waals surface area contributed by atoms with E-state index in [1.165, 1.54) is 0 Å². The predicted octanol–water partition coefficient (Wildman–Crippen LogP) is 3.68. The van der Waals surface area contributed by atoms with Crippen LogP contribution in [0.4, 0.5) is 0 Å². The lowest BCUT2D eigenvalue weighted by Gasteiger charge is -2.38. The Morgan fingerprint density at radius 3 is 2.38 bits per heavy atom. The molecule has 1 aliphatic rings. The van der Waals surface area contributed by atoms with E-state index in [1.54, 1.807) is 32.3 Å². The van der Waals surface area contributed by atoms with Crippen molar-refractivity contribution in [1.29, 1.82) is 0 Å². The molecule has 0 spiro atoms. The maximum atomic E-state index is 13.3. The van der Waals surface area contributed by atoms with E-state index in [9.17, 15) is 9.59 Å². The second-order valence-corrected chi connectivity index (χ2v) is 8.25. The average molecular weight is 437 g/mol. The first-order valence-corrected chi connectivity index (χ1v) is 10.6. The monoisotopic (exact) mass is 436 g/mol. The van der Waals surface area contributed by atoms with Gasteiger partial charge in [-0.05, 0) is 53.3 Å². The van der Waals surface area contributed by atoms with Crippen LogP contribution in [0.2, 0.25) is 0 Å². The Labute approximate surface area is 186 Å². The van der Waals surface area contributed by atoms with E-state index >= 15 is 0 Å². The number of aromatic nitrogens is 1. The summed E-state index contributed by atoms with van der Waals surface area (Å²) in [7, 11) is 4.76. The van der Waals surface area contributed by atoms with Crippen molar-refractivity contribution in [2.24, 2.45) is 5.92 Å². The zero-order chi connectivity index (χ0) is 23.0. The molecule has 0 unspecified atom stereocenters. The number of rotatable bonds is 5. The molecule has 1 N–H and O–H groups in total. The normalized spacial score (nSPS) is 15.6. The lowest BCUT2D eigenvalue weighted by Crippen LogP contribution is -2.44. The van der Waals surface area contributed by atoms with Crippen LogP contribution in [0.25, 0.3) is 10.9 Å². The molecule has 0 aliphatic carbocycles. The highest BCUT2D eigenvalue weighted by Crippen LogP contribution is 2.41. The Hall–Kier alpha value is -3.48. The van der Waals surface area contributed by atoms with Crippen LogP contribution in [0.5, 0.6) is 17.2 Å². The molecule has 32 heavy (non-hydrogen) atoms. The lowest BCUT2D eigenvalue weighted by molar-refractivity contribution is -0.136. The SMILES string of the molecule is COc1ccc2cc([C@H]3c4cc(OC)c(OC)cc4CCN3C(=O)C(C)C)c(=O)[nH]c2c1. The third kappa shape index (κ3) is 3.68. The summed E-state index contributed by atoms with van der Waals surface area (Å²) in [6.45, 7) is 4.27. The van der Waals surface area contributed by atoms with Crippen molar-refractivity contribution in [3.8, 4) is 17.2 Å². The van der Waals surface area contributed by atoms with Gasteiger partial charge in [-0.1, -0.05) is 13.8 Å². The molecule has 0 fully saturated rings. The molecule has 3 aromatic rings. The molecule has 4 rings (SSSR count). The molecule has 2 aromatic carbocycles. The predicted molar refractivity (Wildman–Crippen MR) is 123 cm³/mol. The van der Waals surface area contributed by atoms with Gasteiger partial charge in [-0.25, -0.2) is 0 Å². The van der Waals surface area contributed by atoms with Crippen molar-refractivity contribution in [1.82, 2.24) is 9.88 Å². The Balaban J connectivity index is 1.95. The van der Waals surface area contributed by atoms with Gasteiger partial charge in [-0.2, -0.15) is 0 Å². The molecule has 2 heterocycles. The second-order valence-electron chi connectivity index (χ2n) is 8.25. The van der Waals surface area contributed by atoms with E-state index in [1.807, 2.05) is 44.2 Å². The van der Waals surface area contributed by atoms with E-state index in [0.717, 1.165) is 16.5 Å². The lowest BCUT2D eigenvalue weighted by atomic mass is 9.87. The molecule has 168 valence electrons. The molecule has 0 bridgehead atoms. The average Bonchev–Trinajstić information content (AvgIpc) is 2.81. The second kappa shape index (κ2) is 8.57. The minimum atomic E-state index is -0.524. The number of H-pyrrole nitrogens is 1. The van der Waals surface area contributed by atoms with Gasteiger partial charge < -0.3 is 24.1 Å². The number of nitrogens with zero attached hydrogens (tertiary/aromatic N) is 1. The largest absolute Gasteiger partial charge is 0.497 e. The Kier molecular flexibility index (Phi) is 5.82. The molecular formula is C25H28N2O5. The molecule has 1 atom stereocenters. The van der Waals surface area contributed by atoms with E-state index < -0.39 is 6.04 Å². The van der Waals surface area contributed by atoms with Crippen LogP contribution in [0.3, 0.4) is 0 Å². The minimum absolute atomic E-state index is 0.00432. The van der Waals surface area contributed by atoms with Crippen LogP contribution in [0.15, 0.2) is 41.2 Å². The third-order valence-electron chi connectivity index (χ3n) is 6.03. The van der Waals surface area contributed by atoms with Crippen LogP contribution in [-0.2, 0) is 11.2 Å². The van der Waals surface area contributed by atoms with Gasteiger partial charge in [-0.15, -0.1) is 0 Å². The Bertz CT molecular complexity index is 1230. The summed E-state index contributed by atoms with van der Waals surface area (Å²) in [5, 5.41) is 0.866. The molecule has 7 heteroatoms. The summed E-state index contributed by atoms with van der Waals surface area (Å²) in [5.41, 5.74) is 2.88. The highest BCUT2D eigenvalue weighted by atomic mass is 16.5. The van der Waals surface area contributed by atoms with Crippen molar-refractivity contribution < 1.29 is 19.0 Å². The summed E-state index contributed by atoms with van der Waals surface area (Å²) >= 11 is 0. The molecule has 7 nitrogen and oxygen atoms in total. The first-order valence-electron chi connectivity index (χ1n) is 10.6. The fourth-order valence-electron chi connectivity index (χ4n) is 4.38. The van der Waals surface area contributed by atoms with Gasteiger partial charge >= 0.3 is 0 Å². The van der Waals surface area contributed by atoms with Gasteiger partial charge in [0.2, 0.25) is 5.91 Å². The van der Waals surface area contributed by atoms with Gasteiger partial charge in [0.05, 0.1) is 32.9 Å². The van der Waals surface area contributed by atoms with Crippen LogP contribution < -0.4 is 19.8 Å². The molecule has 1 amide bonds. The smallest absolute Gasteiger partial charge is 0.254 e. The van der Waals surface area contributed by atoms with Gasteiger partial charge in [0.15, 0.2) is 11.5 Å². The number of hydrogen-bond donors (Lipinski definition) is 1. The number of carbonyl (C=O) groups is 1. The van der Waals surface area contributed by atoms with Crippen molar-refractivity contribution in [3.63, 3.8) is 0 Å². The maximum absolute atomic E-state index is 13.3. The summed E-state index contributed by atoms with van der Waals surface area (Å²) in [5.74, 6) is 1.68. The summed E-state index contributed by atoms with van der Waals surface area (Å²) < 4.78 is 16.3. The topological polar surface area (TPSA) is 80.9 Å². The van der Waals surface area contributed by atoms with Gasteiger partial charge in [-0.3, -0.25) is 9.59 Å². The number of methoxy groups -OCH3 is 3. The minimum Gasteiger partial charge on any atom is -0.497 e. The van der Waals surface area contributed by atoms with Crippen molar-refractivity contribution in [2.45, 2.75) is 26.3 Å². The van der Waals surface area contributed by atoms with Crippen molar-refractivity contribution in [3.05, 3.63) is 63.4 Å². The highest BCUT2D eigenvalue weighted by molar-refractivity contribution is 5.82. The Morgan fingerprint density at radius 2 is 1.72 bits per heavy atom. The molecule has 0 saturated heterocycles. The van der Waals surface area contributed by atoms with Crippen molar-refractivity contribution in [2.75, 3.05) is 27.9 Å². The van der Waals surface area contributed by atoms with Gasteiger partial charge in [0, 0.05) is 24.1 Å². The third-order valence-corrected chi connectivity index (χ3v) is 6.03. The van der Waals surface area contributed by atoms with Crippen LogP contribution >= 0.6 is 0 Å². The number of carbonyl (C=O) groups excluding carboxylic acids is 1. The van der Waals surface area contributed by atoms with E-state index in [4.69, 9.17) is 14.2 Å². The summed E-state index contributed by atoms with van der Waals surface area (Å²) in [6, 6.07) is 10.7. The van der Waals surface area contributed by atoms with Crippen LogP contribution in [0.1, 0.15) is 36.6 Å². The van der Waals surface area contributed by atoms with E-state index in [2.05, 4.69) is 4.98 Å². The number of amides is 1. The number of fused-ring (bicyclic) bond motifs is 2. The number of nitrogens with one attached hydrogen (secondary N) is 1. The van der Waals surface area contributed by atoms with E-state index in [0.29, 0.717) is 41.3 Å². The van der Waals surface area contributed by atoms with Gasteiger partial charge in [0.25, 0.3) is 5.56 Å². The first kappa shape index (κ1) is 21.7. The van der Waals surface area contributed by atoms with E-state index in [-0.39, 0.29) is 17.4 Å². The number of benzene rings is 2. The fraction of sp³-hybridized carbons (Fsp3) is 0.360. The first-order chi connectivity index (χ1) is 15.4. The zero-order valence-electron chi connectivity index (χ0n) is 19.0. The quantitative estimate of drug-likeness (QED) is 0.660.